The Morgan fingerprint density at radius 3 is 2.95 bits per heavy atom. The largest absolute Gasteiger partial charge is 0.263 e. The summed E-state index contributed by atoms with van der Waals surface area (Å²) in [4.78, 5) is 8.07. The molecule has 3 rings (SSSR count). The molecule has 0 amide bonds. The molecule has 2 aromatic heterocycles. The van der Waals surface area contributed by atoms with E-state index in [1.807, 2.05) is 0 Å². The summed E-state index contributed by atoms with van der Waals surface area (Å²) in [7, 11) is -3.45. The van der Waals surface area contributed by atoms with Crippen LogP contribution in [-0.2, 0) is 16.6 Å². The van der Waals surface area contributed by atoms with E-state index in [1.165, 1.54) is 12.5 Å². The molecule has 1 fully saturated rings. The first-order valence-electron chi connectivity index (χ1n) is 6.89. The van der Waals surface area contributed by atoms with Gasteiger partial charge in [0.1, 0.15) is 17.6 Å². The molecular weight excluding hydrogens is 290 g/mol. The van der Waals surface area contributed by atoms with E-state index < -0.39 is 10.0 Å². The Morgan fingerprint density at radius 2 is 2.24 bits per heavy atom. The van der Waals surface area contributed by atoms with Gasteiger partial charge in [-0.3, -0.25) is 9.67 Å². The van der Waals surface area contributed by atoms with Gasteiger partial charge in [0.2, 0.25) is 10.0 Å². The van der Waals surface area contributed by atoms with Gasteiger partial charge in [-0.05, 0) is 30.9 Å². The van der Waals surface area contributed by atoms with E-state index in [9.17, 15) is 8.42 Å². The second-order valence-corrected chi connectivity index (χ2v) is 7.12. The van der Waals surface area contributed by atoms with Crippen molar-refractivity contribution in [3.8, 4) is 0 Å². The Balaban J connectivity index is 1.74. The molecule has 1 atom stereocenters. The lowest BCUT2D eigenvalue weighted by Gasteiger charge is -2.31. The van der Waals surface area contributed by atoms with Gasteiger partial charge in [-0.2, -0.15) is 9.40 Å². The van der Waals surface area contributed by atoms with Crippen LogP contribution in [0.1, 0.15) is 12.8 Å². The number of sulfonamides is 1. The third-order valence-electron chi connectivity index (χ3n) is 3.67. The molecule has 0 spiro atoms. The van der Waals surface area contributed by atoms with Gasteiger partial charge in [0.05, 0.1) is 0 Å². The van der Waals surface area contributed by atoms with Crippen LogP contribution in [0.3, 0.4) is 0 Å². The van der Waals surface area contributed by atoms with Crippen LogP contribution in [0.25, 0.3) is 0 Å². The van der Waals surface area contributed by atoms with Gasteiger partial charge in [0, 0.05) is 32.0 Å². The molecule has 0 radical (unpaired) electrons. The highest BCUT2D eigenvalue weighted by Gasteiger charge is 2.30. The second kappa shape index (κ2) is 5.90. The Morgan fingerprint density at radius 1 is 1.33 bits per heavy atom. The fourth-order valence-electron chi connectivity index (χ4n) is 2.63. The molecule has 1 aliphatic rings. The highest BCUT2D eigenvalue weighted by Crippen LogP contribution is 2.24. The number of hydrogen-bond acceptors (Lipinski definition) is 5. The van der Waals surface area contributed by atoms with Crippen LogP contribution in [0.5, 0.6) is 0 Å². The van der Waals surface area contributed by atoms with Crippen LogP contribution < -0.4 is 0 Å². The number of nitrogens with zero attached hydrogens (tertiary/aromatic N) is 5. The molecule has 0 bridgehead atoms. The van der Waals surface area contributed by atoms with Gasteiger partial charge >= 0.3 is 0 Å². The summed E-state index contributed by atoms with van der Waals surface area (Å²) < 4.78 is 28.5. The fourth-order valence-corrected chi connectivity index (χ4v) is 4.15. The Hall–Kier alpha value is -1.80. The van der Waals surface area contributed by atoms with Crippen LogP contribution >= 0.6 is 0 Å². The SMILES string of the molecule is O=S(=O)(c1cccnc1)N1CCCC(Cn2cncn2)C1. The van der Waals surface area contributed by atoms with Crippen molar-refractivity contribution in [2.75, 3.05) is 13.1 Å². The smallest absolute Gasteiger partial charge is 0.244 e. The molecule has 112 valence electrons. The Labute approximate surface area is 123 Å². The zero-order valence-corrected chi connectivity index (χ0v) is 12.4. The van der Waals surface area contributed by atoms with Gasteiger partial charge < -0.3 is 0 Å². The molecular formula is C13H17N5O2S. The van der Waals surface area contributed by atoms with E-state index in [-0.39, 0.29) is 10.8 Å². The first-order valence-corrected chi connectivity index (χ1v) is 8.33. The van der Waals surface area contributed by atoms with Gasteiger partial charge in [-0.15, -0.1) is 0 Å². The third-order valence-corrected chi connectivity index (χ3v) is 5.51. The van der Waals surface area contributed by atoms with E-state index >= 15 is 0 Å². The van der Waals surface area contributed by atoms with Crippen molar-refractivity contribution in [3.63, 3.8) is 0 Å². The molecule has 0 aromatic carbocycles. The number of piperidine rings is 1. The average Bonchev–Trinajstić information content (AvgIpc) is 3.01. The molecule has 0 saturated carbocycles. The molecule has 2 aromatic rings. The highest BCUT2D eigenvalue weighted by molar-refractivity contribution is 7.89. The molecule has 21 heavy (non-hydrogen) atoms. The molecule has 1 aliphatic heterocycles. The van der Waals surface area contributed by atoms with Crippen molar-refractivity contribution in [1.82, 2.24) is 24.1 Å². The quantitative estimate of drug-likeness (QED) is 0.833. The first kappa shape index (κ1) is 14.2. The predicted octanol–water partition coefficient (Wildman–Crippen LogP) is 0.774. The van der Waals surface area contributed by atoms with Gasteiger partial charge in [-0.25, -0.2) is 13.4 Å². The summed E-state index contributed by atoms with van der Waals surface area (Å²) in [6, 6.07) is 3.23. The Kier molecular flexibility index (Phi) is 3.98. The lowest BCUT2D eigenvalue weighted by molar-refractivity contribution is 0.239. The maximum atomic E-state index is 12.6. The average molecular weight is 307 g/mol. The van der Waals surface area contributed by atoms with E-state index in [2.05, 4.69) is 15.1 Å². The van der Waals surface area contributed by atoms with Crippen molar-refractivity contribution in [2.24, 2.45) is 5.92 Å². The van der Waals surface area contributed by atoms with Crippen molar-refractivity contribution >= 4 is 10.0 Å². The molecule has 0 aliphatic carbocycles. The van der Waals surface area contributed by atoms with Crippen molar-refractivity contribution < 1.29 is 8.42 Å². The molecule has 3 heterocycles. The Bertz CT molecular complexity index is 672. The highest BCUT2D eigenvalue weighted by atomic mass is 32.2. The maximum Gasteiger partial charge on any atom is 0.244 e. The summed E-state index contributed by atoms with van der Waals surface area (Å²) in [5, 5.41) is 4.08. The number of pyridine rings is 1. The second-order valence-electron chi connectivity index (χ2n) is 5.18. The molecule has 7 nitrogen and oxygen atoms in total. The van der Waals surface area contributed by atoms with E-state index in [1.54, 1.807) is 33.6 Å². The normalized spacial score (nSPS) is 20.5. The minimum Gasteiger partial charge on any atom is -0.263 e. The third kappa shape index (κ3) is 3.11. The van der Waals surface area contributed by atoms with Crippen LogP contribution in [0.15, 0.2) is 42.1 Å². The zero-order valence-electron chi connectivity index (χ0n) is 11.5. The zero-order chi connectivity index (χ0) is 14.7. The van der Waals surface area contributed by atoms with Crippen LogP contribution in [0, 0.1) is 5.92 Å². The monoisotopic (exact) mass is 307 g/mol. The maximum absolute atomic E-state index is 12.6. The lowest BCUT2D eigenvalue weighted by atomic mass is 10.00. The van der Waals surface area contributed by atoms with Gasteiger partial charge in [-0.1, -0.05) is 0 Å². The van der Waals surface area contributed by atoms with Crippen LogP contribution in [0.2, 0.25) is 0 Å². The van der Waals surface area contributed by atoms with E-state index in [4.69, 9.17) is 0 Å². The van der Waals surface area contributed by atoms with Crippen molar-refractivity contribution in [1.29, 1.82) is 0 Å². The molecule has 8 heteroatoms. The molecule has 1 saturated heterocycles. The van der Waals surface area contributed by atoms with Gasteiger partial charge in [0.15, 0.2) is 0 Å². The number of hydrogen-bond donors (Lipinski definition) is 0. The van der Waals surface area contributed by atoms with Crippen LogP contribution in [-0.4, -0.2) is 45.6 Å². The summed E-state index contributed by atoms with van der Waals surface area (Å²) in [5.41, 5.74) is 0. The number of aromatic nitrogens is 4. The topological polar surface area (TPSA) is 81.0 Å². The van der Waals surface area contributed by atoms with Crippen molar-refractivity contribution in [2.45, 2.75) is 24.3 Å². The summed E-state index contributed by atoms with van der Waals surface area (Å²) in [6.07, 6.45) is 7.98. The van der Waals surface area contributed by atoms with E-state index in [0.717, 1.165) is 12.8 Å². The molecule has 0 N–H and O–H groups in total. The summed E-state index contributed by atoms with van der Waals surface area (Å²) in [6.45, 7) is 1.77. The number of rotatable bonds is 4. The first-order chi connectivity index (χ1) is 10.2. The predicted molar refractivity (Wildman–Crippen MR) is 75.7 cm³/mol. The van der Waals surface area contributed by atoms with Crippen molar-refractivity contribution in [3.05, 3.63) is 37.2 Å². The fraction of sp³-hybridized carbons (Fsp3) is 0.462. The standard InChI is InChI=1S/C13H17N5O2S/c19-21(20,13-4-1-5-14-7-13)18-6-2-3-12(9-18)8-17-11-15-10-16-17/h1,4-5,7,10-12H,2-3,6,8-9H2. The minimum absolute atomic E-state index is 0.256. The van der Waals surface area contributed by atoms with E-state index in [0.29, 0.717) is 19.6 Å². The van der Waals surface area contributed by atoms with Gasteiger partial charge in [0.25, 0.3) is 0 Å². The molecule has 1 unspecified atom stereocenters. The lowest BCUT2D eigenvalue weighted by Crippen LogP contribution is -2.41. The summed E-state index contributed by atoms with van der Waals surface area (Å²) >= 11 is 0. The minimum atomic E-state index is -3.45. The summed E-state index contributed by atoms with van der Waals surface area (Å²) in [5.74, 6) is 0.256. The van der Waals surface area contributed by atoms with Crippen LogP contribution in [0.4, 0.5) is 0 Å².